The first-order valence-corrected chi connectivity index (χ1v) is 4.38. The van der Waals surface area contributed by atoms with Crippen LogP contribution < -0.4 is 4.74 Å². The molecule has 0 bridgehead atoms. The summed E-state index contributed by atoms with van der Waals surface area (Å²) in [6, 6.07) is 2.83. The second-order valence-electron chi connectivity index (χ2n) is 2.95. The summed E-state index contributed by atoms with van der Waals surface area (Å²) in [6.07, 6.45) is 0.269. The minimum Gasteiger partial charge on any atom is -0.493 e. The second kappa shape index (κ2) is 5.29. The SMILES string of the molecule is O=C(O)CCCOc1cc(F)cc(F)c1. The van der Waals surface area contributed by atoms with Crippen LogP contribution in [0.2, 0.25) is 0 Å². The summed E-state index contributed by atoms with van der Waals surface area (Å²) in [5.74, 6) is -2.30. The maximum absolute atomic E-state index is 12.7. The number of rotatable bonds is 5. The van der Waals surface area contributed by atoms with E-state index in [0.29, 0.717) is 6.42 Å². The van der Waals surface area contributed by atoms with Gasteiger partial charge in [-0.05, 0) is 6.42 Å². The van der Waals surface area contributed by atoms with Crippen LogP contribution in [0.1, 0.15) is 12.8 Å². The zero-order valence-corrected chi connectivity index (χ0v) is 7.87. The van der Waals surface area contributed by atoms with E-state index < -0.39 is 17.6 Å². The topological polar surface area (TPSA) is 46.5 Å². The summed E-state index contributed by atoms with van der Waals surface area (Å²) in [5, 5.41) is 8.32. The van der Waals surface area contributed by atoms with Crippen LogP contribution in [0.3, 0.4) is 0 Å². The van der Waals surface area contributed by atoms with Crippen molar-refractivity contribution >= 4 is 5.97 Å². The Hall–Kier alpha value is -1.65. The monoisotopic (exact) mass is 216 g/mol. The molecule has 0 radical (unpaired) electrons. The van der Waals surface area contributed by atoms with Crippen molar-refractivity contribution in [1.82, 2.24) is 0 Å². The van der Waals surface area contributed by atoms with Crippen molar-refractivity contribution in [3.8, 4) is 5.75 Å². The summed E-state index contributed by atoms with van der Waals surface area (Å²) in [4.78, 5) is 10.1. The molecule has 0 aliphatic heterocycles. The quantitative estimate of drug-likeness (QED) is 0.767. The first kappa shape index (κ1) is 11.4. The molecule has 0 unspecified atom stereocenters. The summed E-state index contributed by atoms with van der Waals surface area (Å²) >= 11 is 0. The van der Waals surface area contributed by atoms with Crippen molar-refractivity contribution in [2.45, 2.75) is 12.8 Å². The van der Waals surface area contributed by atoms with Gasteiger partial charge in [0.15, 0.2) is 0 Å². The predicted octanol–water partition coefficient (Wildman–Crippen LogP) is 2.21. The fourth-order valence-corrected chi connectivity index (χ4v) is 1.03. The molecule has 3 nitrogen and oxygen atoms in total. The summed E-state index contributed by atoms with van der Waals surface area (Å²) < 4.78 is 30.3. The number of carbonyl (C=O) groups is 1. The first-order valence-electron chi connectivity index (χ1n) is 4.38. The number of ether oxygens (including phenoxy) is 1. The minimum atomic E-state index is -0.927. The summed E-state index contributed by atoms with van der Waals surface area (Å²) in [5.41, 5.74) is 0. The number of benzene rings is 1. The molecule has 0 spiro atoms. The van der Waals surface area contributed by atoms with E-state index in [1.54, 1.807) is 0 Å². The molecule has 82 valence electrons. The molecule has 0 aromatic heterocycles. The van der Waals surface area contributed by atoms with Gasteiger partial charge in [0.1, 0.15) is 17.4 Å². The Morgan fingerprint density at radius 1 is 1.27 bits per heavy atom. The van der Waals surface area contributed by atoms with Gasteiger partial charge in [-0.1, -0.05) is 0 Å². The Morgan fingerprint density at radius 3 is 2.40 bits per heavy atom. The van der Waals surface area contributed by atoms with E-state index in [2.05, 4.69) is 0 Å². The number of halogens is 2. The van der Waals surface area contributed by atoms with Gasteiger partial charge in [-0.25, -0.2) is 8.78 Å². The normalized spacial score (nSPS) is 10.0. The standard InChI is InChI=1S/C10H10F2O3/c11-7-4-8(12)6-9(5-7)15-3-1-2-10(13)14/h4-6H,1-3H2,(H,13,14). The first-order chi connectivity index (χ1) is 7.08. The smallest absolute Gasteiger partial charge is 0.303 e. The van der Waals surface area contributed by atoms with Gasteiger partial charge in [-0.2, -0.15) is 0 Å². The molecule has 0 saturated heterocycles. The molecule has 0 saturated carbocycles. The van der Waals surface area contributed by atoms with Crippen LogP contribution >= 0.6 is 0 Å². The molecule has 5 heteroatoms. The van der Waals surface area contributed by atoms with Crippen molar-refractivity contribution in [3.63, 3.8) is 0 Å². The van der Waals surface area contributed by atoms with Gasteiger partial charge in [0.25, 0.3) is 0 Å². The Bertz CT molecular complexity index is 332. The molecule has 15 heavy (non-hydrogen) atoms. The molecule has 1 aromatic rings. The number of carboxylic acids is 1. The van der Waals surface area contributed by atoms with E-state index in [9.17, 15) is 13.6 Å². The third-order valence-electron chi connectivity index (χ3n) is 1.64. The number of hydrogen-bond donors (Lipinski definition) is 1. The van der Waals surface area contributed by atoms with Gasteiger partial charge < -0.3 is 9.84 Å². The lowest BCUT2D eigenvalue weighted by Crippen LogP contribution is -2.02. The lowest BCUT2D eigenvalue weighted by Gasteiger charge is -2.05. The van der Waals surface area contributed by atoms with Crippen LogP contribution in [0.25, 0.3) is 0 Å². The van der Waals surface area contributed by atoms with Crippen LogP contribution in [0.15, 0.2) is 18.2 Å². The van der Waals surface area contributed by atoms with E-state index in [0.717, 1.165) is 18.2 Å². The van der Waals surface area contributed by atoms with Crippen LogP contribution in [0.5, 0.6) is 5.75 Å². The average molecular weight is 216 g/mol. The third-order valence-corrected chi connectivity index (χ3v) is 1.64. The fourth-order valence-electron chi connectivity index (χ4n) is 1.03. The van der Waals surface area contributed by atoms with Gasteiger partial charge in [-0.15, -0.1) is 0 Å². The van der Waals surface area contributed by atoms with Crippen molar-refractivity contribution < 1.29 is 23.4 Å². The number of aliphatic carboxylic acids is 1. The van der Waals surface area contributed by atoms with Gasteiger partial charge in [-0.3, -0.25) is 4.79 Å². The van der Waals surface area contributed by atoms with Crippen molar-refractivity contribution in [2.75, 3.05) is 6.61 Å². The molecule has 0 aliphatic carbocycles. The molecule has 0 atom stereocenters. The highest BCUT2D eigenvalue weighted by molar-refractivity contribution is 5.66. The highest BCUT2D eigenvalue weighted by Crippen LogP contribution is 2.15. The van der Waals surface area contributed by atoms with E-state index in [-0.39, 0.29) is 18.8 Å². The highest BCUT2D eigenvalue weighted by Gasteiger charge is 2.02. The molecule has 0 fully saturated rings. The van der Waals surface area contributed by atoms with Crippen molar-refractivity contribution in [1.29, 1.82) is 0 Å². The fraction of sp³-hybridized carbons (Fsp3) is 0.300. The van der Waals surface area contributed by atoms with Gasteiger partial charge >= 0.3 is 5.97 Å². The highest BCUT2D eigenvalue weighted by atomic mass is 19.1. The summed E-state index contributed by atoms with van der Waals surface area (Å²) in [7, 11) is 0. The van der Waals surface area contributed by atoms with Crippen LogP contribution in [0.4, 0.5) is 8.78 Å². The molecular formula is C10H10F2O3. The lowest BCUT2D eigenvalue weighted by atomic mass is 10.3. The summed E-state index contributed by atoms with van der Waals surface area (Å²) in [6.45, 7) is 0.120. The van der Waals surface area contributed by atoms with Crippen molar-refractivity contribution in [2.24, 2.45) is 0 Å². The van der Waals surface area contributed by atoms with Gasteiger partial charge in [0, 0.05) is 24.6 Å². The largest absolute Gasteiger partial charge is 0.493 e. The third kappa shape index (κ3) is 4.39. The van der Waals surface area contributed by atoms with E-state index in [1.807, 2.05) is 0 Å². The van der Waals surface area contributed by atoms with Crippen LogP contribution in [-0.4, -0.2) is 17.7 Å². The maximum atomic E-state index is 12.7. The molecule has 1 rings (SSSR count). The minimum absolute atomic E-state index is 0.0300. The van der Waals surface area contributed by atoms with Crippen LogP contribution in [0, 0.1) is 11.6 Å². The van der Waals surface area contributed by atoms with Gasteiger partial charge in [0.2, 0.25) is 0 Å². The van der Waals surface area contributed by atoms with E-state index >= 15 is 0 Å². The molecule has 1 N–H and O–H groups in total. The van der Waals surface area contributed by atoms with Gasteiger partial charge in [0.05, 0.1) is 6.61 Å². The zero-order valence-electron chi connectivity index (χ0n) is 7.87. The Morgan fingerprint density at radius 2 is 1.87 bits per heavy atom. The lowest BCUT2D eigenvalue weighted by molar-refractivity contribution is -0.137. The molecule has 1 aromatic carbocycles. The molecule has 0 amide bonds. The second-order valence-corrected chi connectivity index (χ2v) is 2.95. The predicted molar refractivity (Wildman–Crippen MR) is 48.7 cm³/mol. The average Bonchev–Trinajstić information content (AvgIpc) is 2.10. The van der Waals surface area contributed by atoms with E-state index in [4.69, 9.17) is 9.84 Å². The Labute approximate surface area is 85.3 Å². The van der Waals surface area contributed by atoms with E-state index in [1.165, 1.54) is 0 Å². The van der Waals surface area contributed by atoms with Crippen LogP contribution in [-0.2, 0) is 4.79 Å². The molecule has 0 heterocycles. The molecular weight excluding hydrogens is 206 g/mol. The molecule has 0 aliphatic rings. The Balaban J connectivity index is 2.40. The number of hydrogen-bond acceptors (Lipinski definition) is 2. The number of carboxylic acid groups (broad SMARTS) is 1. The maximum Gasteiger partial charge on any atom is 0.303 e. The zero-order chi connectivity index (χ0) is 11.3. The Kier molecular flexibility index (Phi) is 4.03. The van der Waals surface area contributed by atoms with Crippen molar-refractivity contribution in [3.05, 3.63) is 29.8 Å².